The van der Waals surface area contributed by atoms with Crippen LogP contribution in [0.25, 0.3) is 10.9 Å². The summed E-state index contributed by atoms with van der Waals surface area (Å²) in [6, 6.07) is 7.59. The molecule has 176 valence electrons. The molecule has 34 heavy (non-hydrogen) atoms. The Labute approximate surface area is 189 Å². The first-order valence-electron chi connectivity index (χ1n) is 10.3. The van der Waals surface area contributed by atoms with Crippen LogP contribution in [0, 0.1) is 5.82 Å². The van der Waals surface area contributed by atoms with Gasteiger partial charge in [0.05, 0.1) is 29.3 Å². The van der Waals surface area contributed by atoms with E-state index < -0.39 is 18.5 Å². The van der Waals surface area contributed by atoms with Gasteiger partial charge in [0, 0.05) is 30.8 Å². The normalized spacial score (nSPS) is 14.5. The number of hydrogen-bond acceptors (Lipinski definition) is 6. The Morgan fingerprint density at radius 1 is 1.21 bits per heavy atom. The van der Waals surface area contributed by atoms with Crippen molar-refractivity contribution in [3.63, 3.8) is 0 Å². The number of alkyl halides is 3. The van der Waals surface area contributed by atoms with Crippen LogP contribution >= 0.6 is 0 Å². The number of amides is 1. The van der Waals surface area contributed by atoms with E-state index in [2.05, 4.69) is 20.4 Å². The SMILES string of the molecule is Nc1cc(C(=O)N2CC(c3nn(Cc4cn(CC(F)(F)F)nn4)c4cccc(F)c34)C2)ccn1. The molecule has 0 saturated carbocycles. The van der Waals surface area contributed by atoms with Crippen LogP contribution in [-0.2, 0) is 13.1 Å². The number of likely N-dealkylation sites (tertiary alicyclic amines) is 1. The largest absolute Gasteiger partial charge is 0.408 e. The van der Waals surface area contributed by atoms with Crippen LogP contribution in [0.1, 0.15) is 27.7 Å². The summed E-state index contributed by atoms with van der Waals surface area (Å²) in [7, 11) is 0. The third kappa shape index (κ3) is 4.16. The first-order chi connectivity index (χ1) is 16.2. The maximum Gasteiger partial charge on any atom is 0.408 e. The Morgan fingerprint density at radius 2 is 2.00 bits per heavy atom. The van der Waals surface area contributed by atoms with Gasteiger partial charge in [0.25, 0.3) is 5.91 Å². The summed E-state index contributed by atoms with van der Waals surface area (Å²) < 4.78 is 54.7. The van der Waals surface area contributed by atoms with Crippen LogP contribution in [-0.4, -0.2) is 59.8 Å². The number of nitrogens with two attached hydrogens (primary N) is 1. The molecule has 1 fully saturated rings. The highest BCUT2D eigenvalue weighted by molar-refractivity contribution is 5.95. The number of benzene rings is 1. The summed E-state index contributed by atoms with van der Waals surface area (Å²) >= 11 is 0. The molecule has 0 radical (unpaired) electrons. The van der Waals surface area contributed by atoms with E-state index in [1.54, 1.807) is 17.0 Å². The zero-order valence-corrected chi connectivity index (χ0v) is 17.6. The molecule has 1 aromatic carbocycles. The Balaban J connectivity index is 1.38. The zero-order chi connectivity index (χ0) is 24.0. The fourth-order valence-corrected chi connectivity index (χ4v) is 4.03. The summed E-state index contributed by atoms with van der Waals surface area (Å²) in [5.74, 6) is -0.645. The smallest absolute Gasteiger partial charge is 0.384 e. The molecular weight excluding hydrogens is 456 g/mol. The van der Waals surface area contributed by atoms with Gasteiger partial charge in [-0.3, -0.25) is 9.48 Å². The average molecular weight is 474 g/mol. The number of nitrogen functional groups attached to an aromatic ring is 1. The predicted octanol–water partition coefficient (Wildman–Crippen LogP) is 2.59. The van der Waals surface area contributed by atoms with Gasteiger partial charge in [0.2, 0.25) is 0 Å². The molecule has 3 aromatic heterocycles. The van der Waals surface area contributed by atoms with E-state index in [1.165, 1.54) is 35.3 Å². The molecule has 1 aliphatic heterocycles. The Hall–Kier alpha value is -4.03. The summed E-state index contributed by atoms with van der Waals surface area (Å²) in [5.41, 5.74) is 7.27. The van der Waals surface area contributed by atoms with Crippen molar-refractivity contribution in [3.05, 3.63) is 65.5 Å². The van der Waals surface area contributed by atoms with E-state index in [0.717, 1.165) is 0 Å². The van der Waals surface area contributed by atoms with Gasteiger partial charge in [0.15, 0.2) is 0 Å². The van der Waals surface area contributed by atoms with Crippen LogP contribution in [0.5, 0.6) is 0 Å². The number of carbonyl (C=O) groups is 1. The van der Waals surface area contributed by atoms with Crippen molar-refractivity contribution in [2.45, 2.75) is 25.2 Å². The number of nitrogens with zero attached hydrogens (tertiary/aromatic N) is 7. The lowest BCUT2D eigenvalue weighted by Gasteiger charge is -2.38. The molecule has 13 heteroatoms. The van der Waals surface area contributed by atoms with E-state index >= 15 is 0 Å². The summed E-state index contributed by atoms with van der Waals surface area (Å²) in [6.45, 7) is -0.565. The van der Waals surface area contributed by atoms with E-state index in [9.17, 15) is 22.4 Å². The number of carbonyl (C=O) groups excluding carboxylic acids is 1. The van der Waals surface area contributed by atoms with Crippen molar-refractivity contribution in [3.8, 4) is 0 Å². The van der Waals surface area contributed by atoms with Crippen LogP contribution in [0.15, 0.2) is 42.7 Å². The number of hydrogen-bond donors (Lipinski definition) is 1. The second-order valence-electron chi connectivity index (χ2n) is 8.08. The van der Waals surface area contributed by atoms with Gasteiger partial charge >= 0.3 is 6.18 Å². The van der Waals surface area contributed by atoms with Gasteiger partial charge in [-0.15, -0.1) is 5.10 Å². The van der Waals surface area contributed by atoms with E-state index in [1.807, 2.05) is 0 Å². The molecule has 9 nitrogen and oxygen atoms in total. The minimum Gasteiger partial charge on any atom is -0.384 e. The molecular formula is C21H18F4N8O. The molecule has 0 spiro atoms. The first-order valence-corrected chi connectivity index (χ1v) is 10.3. The van der Waals surface area contributed by atoms with Gasteiger partial charge in [-0.2, -0.15) is 18.3 Å². The average Bonchev–Trinajstić information content (AvgIpc) is 3.31. The van der Waals surface area contributed by atoms with Crippen molar-refractivity contribution in [1.82, 2.24) is 34.7 Å². The third-order valence-corrected chi connectivity index (χ3v) is 5.58. The Kier molecular flexibility index (Phi) is 5.18. The van der Waals surface area contributed by atoms with Crippen molar-refractivity contribution < 1.29 is 22.4 Å². The highest BCUT2D eigenvalue weighted by atomic mass is 19.4. The molecule has 4 aromatic rings. The lowest BCUT2D eigenvalue weighted by atomic mass is 9.93. The topological polar surface area (TPSA) is 108 Å². The molecule has 0 atom stereocenters. The van der Waals surface area contributed by atoms with Gasteiger partial charge in [-0.05, 0) is 24.3 Å². The molecule has 4 heterocycles. The number of halogens is 4. The molecule has 2 N–H and O–H groups in total. The van der Waals surface area contributed by atoms with E-state index in [0.29, 0.717) is 39.9 Å². The second-order valence-corrected chi connectivity index (χ2v) is 8.08. The predicted molar refractivity (Wildman–Crippen MR) is 112 cm³/mol. The summed E-state index contributed by atoms with van der Waals surface area (Å²) in [6.07, 6.45) is -1.78. The van der Waals surface area contributed by atoms with Crippen LogP contribution in [0.4, 0.5) is 23.4 Å². The van der Waals surface area contributed by atoms with Crippen LogP contribution in [0.3, 0.4) is 0 Å². The highest BCUT2D eigenvalue weighted by Gasteiger charge is 2.36. The number of aromatic nitrogens is 6. The molecule has 5 rings (SSSR count). The van der Waals surface area contributed by atoms with Gasteiger partial charge in [0.1, 0.15) is 23.9 Å². The van der Waals surface area contributed by atoms with Crippen molar-refractivity contribution in [2.75, 3.05) is 18.8 Å². The standard InChI is InChI=1S/C21H18F4N8O/c22-15-2-1-3-16-18(15)19(13-7-31(8-13)20(34)12-4-5-27-17(26)6-12)29-33(16)10-14-9-32(30-28-14)11-21(23,24)25/h1-6,9,13H,7-8,10-11H2,(H2,26,27). The van der Waals surface area contributed by atoms with Gasteiger partial charge in [-0.25, -0.2) is 14.1 Å². The van der Waals surface area contributed by atoms with Crippen LogP contribution in [0.2, 0.25) is 0 Å². The lowest BCUT2D eigenvalue weighted by Crippen LogP contribution is -2.48. The number of fused-ring (bicyclic) bond motifs is 1. The van der Waals surface area contributed by atoms with Gasteiger partial charge in [-0.1, -0.05) is 11.3 Å². The highest BCUT2D eigenvalue weighted by Crippen LogP contribution is 2.34. The fraction of sp³-hybridized carbons (Fsp3) is 0.286. The number of anilines is 1. The lowest BCUT2D eigenvalue weighted by molar-refractivity contribution is -0.142. The first kappa shape index (κ1) is 21.8. The number of pyridine rings is 1. The Morgan fingerprint density at radius 3 is 2.74 bits per heavy atom. The van der Waals surface area contributed by atoms with Gasteiger partial charge < -0.3 is 10.6 Å². The summed E-state index contributed by atoms with van der Waals surface area (Å²) in [4.78, 5) is 18.2. The maximum absolute atomic E-state index is 14.8. The molecule has 1 aliphatic rings. The summed E-state index contributed by atoms with van der Waals surface area (Å²) in [5, 5.41) is 12.1. The number of rotatable bonds is 5. The quantitative estimate of drug-likeness (QED) is 0.446. The molecule has 0 aliphatic carbocycles. The molecule has 0 bridgehead atoms. The minimum absolute atomic E-state index is 0.0173. The maximum atomic E-state index is 14.8. The molecule has 1 amide bonds. The zero-order valence-electron chi connectivity index (χ0n) is 17.6. The molecule has 0 unspecified atom stereocenters. The minimum atomic E-state index is -4.42. The van der Waals surface area contributed by atoms with Crippen molar-refractivity contribution >= 4 is 22.6 Å². The monoisotopic (exact) mass is 474 g/mol. The van der Waals surface area contributed by atoms with Crippen LogP contribution < -0.4 is 5.73 Å². The Bertz CT molecular complexity index is 1370. The van der Waals surface area contributed by atoms with Crippen molar-refractivity contribution in [2.24, 2.45) is 0 Å². The third-order valence-electron chi connectivity index (χ3n) is 5.58. The molecule has 1 saturated heterocycles. The van der Waals surface area contributed by atoms with Crippen molar-refractivity contribution in [1.29, 1.82) is 0 Å². The fourth-order valence-electron chi connectivity index (χ4n) is 4.03. The second kappa shape index (κ2) is 8.08. The van der Waals surface area contributed by atoms with E-state index in [-0.39, 0.29) is 29.9 Å². The van der Waals surface area contributed by atoms with E-state index in [4.69, 9.17) is 5.73 Å².